The fraction of sp³-hybridized carbons (Fsp3) is 0.562. The standard InChI is InChI=1S/C16H24N2O3S/c1-12-9-13(2)11-18(10-12)16(19)14-5-7-15(8-6-14)22(20,21)17(3)4/h5-8,12-13H,9-11H2,1-4H3/t12-,13-/m1/s1. The Balaban J connectivity index is 2.18. The zero-order valence-electron chi connectivity index (χ0n) is 13.6. The highest BCUT2D eigenvalue weighted by Crippen LogP contribution is 2.23. The average Bonchev–Trinajstić information content (AvgIpc) is 2.45. The van der Waals surface area contributed by atoms with Crippen LogP contribution in [-0.2, 0) is 10.0 Å². The Hall–Kier alpha value is -1.40. The Labute approximate surface area is 133 Å². The maximum Gasteiger partial charge on any atom is 0.253 e. The van der Waals surface area contributed by atoms with Gasteiger partial charge in [-0.3, -0.25) is 4.79 Å². The van der Waals surface area contributed by atoms with E-state index in [1.165, 1.54) is 26.2 Å². The van der Waals surface area contributed by atoms with E-state index in [-0.39, 0.29) is 10.8 Å². The van der Waals surface area contributed by atoms with Crippen molar-refractivity contribution in [3.8, 4) is 0 Å². The first-order valence-electron chi connectivity index (χ1n) is 7.53. The largest absolute Gasteiger partial charge is 0.338 e. The first-order chi connectivity index (χ1) is 10.2. The van der Waals surface area contributed by atoms with Crippen LogP contribution in [0.3, 0.4) is 0 Å². The first-order valence-corrected chi connectivity index (χ1v) is 8.97. The molecule has 0 saturated carbocycles. The van der Waals surface area contributed by atoms with Gasteiger partial charge in [0, 0.05) is 32.7 Å². The molecule has 0 aromatic heterocycles. The van der Waals surface area contributed by atoms with Crippen molar-refractivity contribution < 1.29 is 13.2 Å². The second-order valence-corrected chi connectivity index (χ2v) is 8.62. The Morgan fingerprint density at radius 3 is 2.05 bits per heavy atom. The highest BCUT2D eigenvalue weighted by Gasteiger charge is 2.26. The number of amides is 1. The number of carbonyl (C=O) groups excluding carboxylic acids is 1. The van der Waals surface area contributed by atoms with Crippen molar-refractivity contribution in [3.63, 3.8) is 0 Å². The summed E-state index contributed by atoms with van der Waals surface area (Å²) >= 11 is 0. The quantitative estimate of drug-likeness (QED) is 0.855. The highest BCUT2D eigenvalue weighted by atomic mass is 32.2. The molecule has 0 unspecified atom stereocenters. The number of hydrogen-bond acceptors (Lipinski definition) is 3. The maximum absolute atomic E-state index is 12.6. The van der Waals surface area contributed by atoms with Crippen LogP contribution < -0.4 is 0 Å². The average molecular weight is 324 g/mol. The molecule has 1 aliphatic rings. The van der Waals surface area contributed by atoms with Gasteiger partial charge in [0.2, 0.25) is 10.0 Å². The van der Waals surface area contributed by atoms with Crippen LogP contribution in [0.2, 0.25) is 0 Å². The van der Waals surface area contributed by atoms with Crippen LogP contribution in [0.15, 0.2) is 29.2 Å². The number of likely N-dealkylation sites (tertiary alicyclic amines) is 1. The lowest BCUT2D eigenvalue weighted by Crippen LogP contribution is -2.42. The van der Waals surface area contributed by atoms with Crippen LogP contribution in [0, 0.1) is 11.8 Å². The molecule has 0 spiro atoms. The maximum atomic E-state index is 12.6. The molecular weight excluding hydrogens is 300 g/mol. The summed E-state index contributed by atoms with van der Waals surface area (Å²) in [5.41, 5.74) is 0.541. The summed E-state index contributed by atoms with van der Waals surface area (Å²) in [5.74, 6) is 0.981. The molecule has 6 heteroatoms. The summed E-state index contributed by atoms with van der Waals surface area (Å²) in [7, 11) is -0.471. The van der Waals surface area contributed by atoms with E-state index in [0.717, 1.165) is 23.8 Å². The van der Waals surface area contributed by atoms with Crippen molar-refractivity contribution in [2.24, 2.45) is 11.8 Å². The molecule has 2 rings (SSSR count). The van der Waals surface area contributed by atoms with Gasteiger partial charge in [-0.05, 0) is 42.5 Å². The third-order valence-electron chi connectivity index (χ3n) is 4.04. The lowest BCUT2D eigenvalue weighted by Gasteiger charge is -2.35. The number of piperidine rings is 1. The van der Waals surface area contributed by atoms with Crippen LogP contribution in [-0.4, -0.2) is 50.7 Å². The van der Waals surface area contributed by atoms with Crippen molar-refractivity contribution in [2.75, 3.05) is 27.2 Å². The fourth-order valence-electron chi connectivity index (χ4n) is 2.99. The third kappa shape index (κ3) is 3.50. The summed E-state index contributed by atoms with van der Waals surface area (Å²) < 4.78 is 25.2. The third-order valence-corrected chi connectivity index (χ3v) is 5.87. The van der Waals surface area contributed by atoms with Crippen molar-refractivity contribution >= 4 is 15.9 Å². The SMILES string of the molecule is C[C@@H]1C[C@@H](C)CN(C(=O)c2ccc(S(=O)(=O)N(C)C)cc2)C1. The molecule has 5 nitrogen and oxygen atoms in total. The predicted molar refractivity (Wildman–Crippen MR) is 86.2 cm³/mol. The van der Waals surface area contributed by atoms with Gasteiger partial charge in [0.25, 0.3) is 5.91 Å². The van der Waals surface area contributed by atoms with Gasteiger partial charge in [0.1, 0.15) is 0 Å². The van der Waals surface area contributed by atoms with Gasteiger partial charge < -0.3 is 4.90 Å². The molecule has 0 N–H and O–H groups in total. The molecule has 1 aromatic rings. The molecule has 1 saturated heterocycles. The topological polar surface area (TPSA) is 57.7 Å². The summed E-state index contributed by atoms with van der Waals surface area (Å²) in [6.45, 7) is 5.84. The second-order valence-electron chi connectivity index (χ2n) is 6.47. The molecule has 1 amide bonds. The monoisotopic (exact) mass is 324 g/mol. The van der Waals surface area contributed by atoms with E-state index in [1.54, 1.807) is 12.1 Å². The lowest BCUT2D eigenvalue weighted by atomic mass is 9.91. The Morgan fingerprint density at radius 1 is 1.09 bits per heavy atom. The molecule has 2 atom stereocenters. The normalized spacial score (nSPS) is 22.9. The number of carbonyl (C=O) groups is 1. The first kappa shape index (κ1) is 17.0. The smallest absolute Gasteiger partial charge is 0.253 e. The molecule has 1 fully saturated rings. The van der Waals surface area contributed by atoms with Crippen molar-refractivity contribution in [3.05, 3.63) is 29.8 Å². The van der Waals surface area contributed by atoms with Gasteiger partial charge in [-0.1, -0.05) is 13.8 Å². The van der Waals surface area contributed by atoms with Crippen molar-refractivity contribution in [1.82, 2.24) is 9.21 Å². The molecule has 1 aliphatic heterocycles. The number of rotatable bonds is 3. The van der Waals surface area contributed by atoms with E-state index in [4.69, 9.17) is 0 Å². The lowest BCUT2D eigenvalue weighted by molar-refractivity contribution is 0.0623. The Bertz CT molecular complexity index is 628. The Kier molecular flexibility index (Phi) is 4.92. The summed E-state index contributed by atoms with van der Waals surface area (Å²) in [4.78, 5) is 14.6. The predicted octanol–water partition coefficient (Wildman–Crippen LogP) is 2.05. The summed E-state index contributed by atoms with van der Waals surface area (Å²) in [6.07, 6.45) is 1.14. The number of nitrogens with zero attached hydrogens (tertiary/aromatic N) is 2. The number of sulfonamides is 1. The minimum Gasteiger partial charge on any atom is -0.338 e. The Morgan fingerprint density at radius 2 is 1.59 bits per heavy atom. The van der Waals surface area contributed by atoms with Gasteiger partial charge in [-0.2, -0.15) is 0 Å². The molecule has 0 aliphatic carbocycles. The zero-order chi connectivity index (χ0) is 16.5. The number of benzene rings is 1. The van der Waals surface area contributed by atoms with Gasteiger partial charge in [0.05, 0.1) is 4.90 Å². The summed E-state index contributed by atoms with van der Waals surface area (Å²) in [6, 6.07) is 6.20. The minimum absolute atomic E-state index is 0.0211. The second kappa shape index (κ2) is 6.38. The zero-order valence-corrected chi connectivity index (χ0v) is 14.4. The van der Waals surface area contributed by atoms with E-state index in [1.807, 2.05) is 4.90 Å². The van der Waals surface area contributed by atoms with Crippen LogP contribution in [0.4, 0.5) is 0 Å². The van der Waals surface area contributed by atoms with Gasteiger partial charge in [-0.25, -0.2) is 12.7 Å². The molecular formula is C16H24N2O3S. The molecule has 1 heterocycles. The van der Waals surface area contributed by atoms with Gasteiger partial charge >= 0.3 is 0 Å². The van der Waals surface area contributed by atoms with Crippen LogP contribution in [0.25, 0.3) is 0 Å². The molecule has 22 heavy (non-hydrogen) atoms. The minimum atomic E-state index is -3.45. The molecule has 0 radical (unpaired) electrons. The molecule has 122 valence electrons. The highest BCUT2D eigenvalue weighted by molar-refractivity contribution is 7.89. The van der Waals surface area contributed by atoms with E-state index in [2.05, 4.69) is 13.8 Å². The van der Waals surface area contributed by atoms with E-state index in [9.17, 15) is 13.2 Å². The van der Waals surface area contributed by atoms with Gasteiger partial charge in [0.15, 0.2) is 0 Å². The molecule has 1 aromatic carbocycles. The number of hydrogen-bond donors (Lipinski definition) is 0. The van der Waals surface area contributed by atoms with Crippen LogP contribution in [0.1, 0.15) is 30.6 Å². The van der Waals surface area contributed by atoms with Gasteiger partial charge in [-0.15, -0.1) is 0 Å². The van der Waals surface area contributed by atoms with E-state index < -0.39 is 10.0 Å². The van der Waals surface area contributed by atoms with E-state index in [0.29, 0.717) is 17.4 Å². The molecule has 0 bridgehead atoms. The van der Waals surface area contributed by atoms with E-state index >= 15 is 0 Å². The van der Waals surface area contributed by atoms with Crippen LogP contribution in [0.5, 0.6) is 0 Å². The summed E-state index contributed by atoms with van der Waals surface area (Å²) in [5, 5.41) is 0. The van der Waals surface area contributed by atoms with Crippen molar-refractivity contribution in [2.45, 2.75) is 25.2 Å². The van der Waals surface area contributed by atoms with Crippen LogP contribution >= 0.6 is 0 Å². The fourth-order valence-corrected chi connectivity index (χ4v) is 3.89. The van der Waals surface area contributed by atoms with Crippen molar-refractivity contribution in [1.29, 1.82) is 0 Å².